The minimum Gasteiger partial charge on any atom is -0.493 e. The molecule has 0 radical (unpaired) electrons. The molecule has 118 valence electrons. The summed E-state index contributed by atoms with van der Waals surface area (Å²) >= 11 is 0. The lowest BCUT2D eigenvalue weighted by Crippen LogP contribution is -2.40. The molecule has 3 nitrogen and oxygen atoms in total. The van der Waals surface area contributed by atoms with Crippen molar-refractivity contribution in [3.8, 4) is 5.75 Å². The molecule has 0 amide bonds. The van der Waals surface area contributed by atoms with Gasteiger partial charge in [-0.05, 0) is 62.4 Å². The number of ether oxygens (including phenoxy) is 1. The number of rotatable bonds is 4. The van der Waals surface area contributed by atoms with E-state index in [1.54, 1.807) is 0 Å². The Labute approximate surface area is 134 Å². The molecule has 2 aliphatic heterocycles. The number of nitrogens with two attached hydrogens (primary N) is 1. The zero-order chi connectivity index (χ0) is 13.9. The van der Waals surface area contributed by atoms with E-state index in [4.69, 9.17) is 10.5 Å². The molecule has 21 heavy (non-hydrogen) atoms. The third kappa shape index (κ3) is 4.12. The lowest BCUT2D eigenvalue weighted by atomic mass is 9.91. The first-order valence-electron chi connectivity index (χ1n) is 7.95. The first-order valence-corrected chi connectivity index (χ1v) is 7.95. The molecule has 0 aliphatic carbocycles. The van der Waals surface area contributed by atoms with Crippen LogP contribution < -0.4 is 10.5 Å². The van der Waals surface area contributed by atoms with Crippen molar-refractivity contribution < 1.29 is 4.74 Å². The van der Waals surface area contributed by atoms with E-state index < -0.39 is 0 Å². The molecule has 1 unspecified atom stereocenters. The highest BCUT2D eigenvalue weighted by molar-refractivity contribution is 5.85. The quantitative estimate of drug-likeness (QED) is 0.929. The van der Waals surface area contributed by atoms with Gasteiger partial charge in [-0.2, -0.15) is 0 Å². The molecule has 2 heterocycles. The third-order valence-electron chi connectivity index (χ3n) is 4.85. The number of piperidine rings is 1. The Morgan fingerprint density at radius 2 is 2.10 bits per heavy atom. The highest BCUT2D eigenvalue weighted by atomic mass is 35.5. The van der Waals surface area contributed by atoms with Crippen molar-refractivity contribution in [3.63, 3.8) is 0 Å². The van der Waals surface area contributed by atoms with E-state index in [0.717, 1.165) is 31.1 Å². The molecular weight excluding hydrogens is 284 g/mol. The summed E-state index contributed by atoms with van der Waals surface area (Å²) in [6.45, 7) is 6.59. The largest absolute Gasteiger partial charge is 0.493 e. The van der Waals surface area contributed by atoms with Crippen LogP contribution in [0.25, 0.3) is 0 Å². The van der Waals surface area contributed by atoms with Crippen molar-refractivity contribution >= 4 is 12.4 Å². The van der Waals surface area contributed by atoms with Crippen molar-refractivity contribution in [2.45, 2.75) is 38.6 Å². The van der Waals surface area contributed by atoms with Gasteiger partial charge in [0.2, 0.25) is 0 Å². The number of fused-ring (bicyclic) bond motifs is 1. The second kappa shape index (κ2) is 7.48. The van der Waals surface area contributed by atoms with Gasteiger partial charge in [-0.1, -0.05) is 12.1 Å². The average Bonchev–Trinajstić information content (AvgIpc) is 2.93. The third-order valence-corrected chi connectivity index (χ3v) is 4.85. The van der Waals surface area contributed by atoms with Crippen LogP contribution in [0.15, 0.2) is 18.2 Å². The maximum Gasteiger partial charge on any atom is 0.122 e. The van der Waals surface area contributed by atoms with Gasteiger partial charge < -0.3 is 15.4 Å². The highest BCUT2D eigenvalue weighted by Crippen LogP contribution is 2.26. The highest BCUT2D eigenvalue weighted by Gasteiger charge is 2.21. The Hall–Kier alpha value is -0.770. The summed E-state index contributed by atoms with van der Waals surface area (Å²) in [6.07, 6.45) is 4.74. The maximum absolute atomic E-state index is 6.00. The van der Waals surface area contributed by atoms with E-state index in [9.17, 15) is 0 Å². The predicted molar refractivity (Wildman–Crippen MR) is 89.4 cm³/mol. The molecule has 1 atom stereocenters. The lowest BCUT2D eigenvalue weighted by molar-refractivity contribution is 0.174. The van der Waals surface area contributed by atoms with E-state index in [-0.39, 0.29) is 12.4 Å². The van der Waals surface area contributed by atoms with Crippen molar-refractivity contribution in [2.24, 2.45) is 11.7 Å². The van der Waals surface area contributed by atoms with E-state index in [1.165, 1.54) is 43.6 Å². The average molecular weight is 311 g/mol. The van der Waals surface area contributed by atoms with Crippen LogP contribution in [0.5, 0.6) is 5.75 Å². The summed E-state index contributed by atoms with van der Waals surface area (Å²) in [6, 6.07) is 7.05. The van der Waals surface area contributed by atoms with E-state index in [0.29, 0.717) is 6.04 Å². The lowest BCUT2D eigenvalue weighted by Gasteiger charge is -2.33. The minimum atomic E-state index is 0. The zero-order valence-corrected chi connectivity index (χ0v) is 13.7. The van der Waals surface area contributed by atoms with Crippen LogP contribution in [0.1, 0.15) is 30.9 Å². The summed E-state index contributed by atoms with van der Waals surface area (Å²) < 4.78 is 5.56. The number of likely N-dealkylation sites (tertiary alicyclic amines) is 1. The Balaban J connectivity index is 0.00000161. The molecule has 4 heteroatoms. The van der Waals surface area contributed by atoms with Gasteiger partial charge in [-0.25, -0.2) is 0 Å². The monoisotopic (exact) mass is 310 g/mol. The molecule has 3 rings (SSSR count). The minimum absolute atomic E-state index is 0. The Morgan fingerprint density at radius 1 is 1.33 bits per heavy atom. The van der Waals surface area contributed by atoms with E-state index >= 15 is 0 Å². The second-order valence-electron chi connectivity index (χ2n) is 6.33. The van der Waals surface area contributed by atoms with Crippen LogP contribution in [0.4, 0.5) is 0 Å². The van der Waals surface area contributed by atoms with Gasteiger partial charge in [0, 0.05) is 19.0 Å². The smallest absolute Gasteiger partial charge is 0.122 e. The number of nitrogens with zero attached hydrogens (tertiary/aromatic N) is 1. The van der Waals surface area contributed by atoms with Gasteiger partial charge in [0.25, 0.3) is 0 Å². The fourth-order valence-corrected chi connectivity index (χ4v) is 3.38. The van der Waals surface area contributed by atoms with Crippen molar-refractivity contribution in [3.05, 3.63) is 29.3 Å². The SMILES string of the molecule is CC(N)C1CCN(CCc2ccc3c(c2)CCO3)CC1.Cl. The maximum atomic E-state index is 6.00. The first kappa shape index (κ1) is 16.6. The van der Waals surface area contributed by atoms with Crippen molar-refractivity contribution in [2.75, 3.05) is 26.2 Å². The number of hydrogen-bond donors (Lipinski definition) is 1. The number of halogens is 1. The van der Waals surface area contributed by atoms with Crippen LogP contribution >= 0.6 is 12.4 Å². The summed E-state index contributed by atoms with van der Waals surface area (Å²) in [7, 11) is 0. The first-order chi connectivity index (χ1) is 9.72. The molecule has 0 aromatic heterocycles. The number of hydrogen-bond acceptors (Lipinski definition) is 3. The Morgan fingerprint density at radius 3 is 2.81 bits per heavy atom. The molecule has 0 bridgehead atoms. The molecule has 0 saturated carbocycles. The molecule has 0 spiro atoms. The topological polar surface area (TPSA) is 38.5 Å². The van der Waals surface area contributed by atoms with Gasteiger partial charge in [-0.3, -0.25) is 0 Å². The van der Waals surface area contributed by atoms with Gasteiger partial charge in [0.15, 0.2) is 0 Å². The summed E-state index contributed by atoms with van der Waals surface area (Å²) in [5, 5.41) is 0. The molecule has 1 fully saturated rings. The second-order valence-corrected chi connectivity index (χ2v) is 6.33. The predicted octanol–water partition coefficient (Wildman–Crippen LogP) is 2.65. The summed E-state index contributed by atoms with van der Waals surface area (Å²) in [5.41, 5.74) is 8.83. The van der Waals surface area contributed by atoms with Crippen LogP contribution in [0, 0.1) is 5.92 Å². The van der Waals surface area contributed by atoms with Crippen LogP contribution in [-0.4, -0.2) is 37.2 Å². The Kier molecular flexibility index (Phi) is 5.91. The Bertz CT molecular complexity index is 456. The fourth-order valence-electron chi connectivity index (χ4n) is 3.38. The van der Waals surface area contributed by atoms with Crippen LogP contribution in [-0.2, 0) is 12.8 Å². The van der Waals surface area contributed by atoms with E-state index in [2.05, 4.69) is 30.0 Å². The standard InChI is InChI=1S/C17H26N2O.ClH/c1-13(18)15-5-9-19(10-6-15)8-4-14-2-3-17-16(12-14)7-11-20-17;/h2-3,12-13,15H,4-11,18H2,1H3;1H. The molecule has 1 saturated heterocycles. The number of benzene rings is 1. The molecule has 2 aliphatic rings. The van der Waals surface area contributed by atoms with Crippen molar-refractivity contribution in [1.29, 1.82) is 0 Å². The summed E-state index contributed by atoms with van der Waals surface area (Å²) in [4.78, 5) is 2.59. The molecule has 2 N–H and O–H groups in total. The normalized spacial score (nSPS) is 20.5. The fraction of sp³-hybridized carbons (Fsp3) is 0.647. The molecule has 1 aromatic rings. The van der Waals surface area contributed by atoms with Crippen molar-refractivity contribution in [1.82, 2.24) is 4.90 Å². The van der Waals surface area contributed by atoms with Gasteiger partial charge in [-0.15, -0.1) is 12.4 Å². The van der Waals surface area contributed by atoms with Gasteiger partial charge >= 0.3 is 0 Å². The zero-order valence-electron chi connectivity index (χ0n) is 12.9. The molecule has 1 aromatic carbocycles. The van der Waals surface area contributed by atoms with Crippen LogP contribution in [0.3, 0.4) is 0 Å². The molecular formula is C17H27ClN2O. The van der Waals surface area contributed by atoms with E-state index in [1.807, 2.05) is 0 Å². The van der Waals surface area contributed by atoms with Crippen LogP contribution in [0.2, 0.25) is 0 Å². The summed E-state index contributed by atoms with van der Waals surface area (Å²) in [5.74, 6) is 1.81. The van der Waals surface area contributed by atoms with Gasteiger partial charge in [0.05, 0.1) is 6.61 Å². The van der Waals surface area contributed by atoms with Gasteiger partial charge in [0.1, 0.15) is 5.75 Å².